The number of aromatic nitrogens is 3. The van der Waals surface area contributed by atoms with E-state index in [9.17, 15) is 9.59 Å². The van der Waals surface area contributed by atoms with Crippen LogP contribution in [0.4, 0.5) is 0 Å². The van der Waals surface area contributed by atoms with Crippen LogP contribution in [0.15, 0.2) is 6.20 Å². The van der Waals surface area contributed by atoms with Gasteiger partial charge in [0.15, 0.2) is 0 Å². The third kappa shape index (κ3) is 4.52. The zero-order valence-corrected chi connectivity index (χ0v) is 12.3. The van der Waals surface area contributed by atoms with E-state index in [1.807, 2.05) is 4.90 Å². The number of amides is 2. The molecule has 1 aromatic rings. The topological polar surface area (TPSA) is 106 Å². The van der Waals surface area contributed by atoms with E-state index in [2.05, 4.69) is 22.6 Å². The van der Waals surface area contributed by atoms with Crippen LogP contribution in [-0.2, 0) is 22.7 Å². The number of hydrogen-bond donors (Lipinski definition) is 2. The van der Waals surface area contributed by atoms with Gasteiger partial charge in [-0.05, 0) is 18.8 Å². The molecule has 8 heteroatoms. The summed E-state index contributed by atoms with van der Waals surface area (Å²) in [5, 5.41) is 10.4. The minimum Gasteiger partial charge on any atom is -0.349 e. The molecule has 2 heterocycles. The molecule has 3 N–H and O–H groups in total. The molecule has 116 valence electrons. The summed E-state index contributed by atoms with van der Waals surface area (Å²) in [4.78, 5) is 25.1. The summed E-state index contributed by atoms with van der Waals surface area (Å²) in [5.74, 6) is 0.368. The molecule has 0 bridgehead atoms. The molecule has 1 unspecified atom stereocenters. The highest BCUT2D eigenvalue weighted by Crippen LogP contribution is 2.15. The SMILES string of the molecule is CC1CCCN(C(=O)Cn2cc(CNC(=O)CN)nn2)C1. The Hall–Kier alpha value is -1.96. The van der Waals surface area contributed by atoms with Crippen molar-refractivity contribution in [1.82, 2.24) is 25.2 Å². The van der Waals surface area contributed by atoms with Crippen molar-refractivity contribution in [2.24, 2.45) is 11.7 Å². The van der Waals surface area contributed by atoms with Crippen LogP contribution in [0.5, 0.6) is 0 Å². The lowest BCUT2D eigenvalue weighted by atomic mass is 10.0. The molecule has 0 radical (unpaired) electrons. The largest absolute Gasteiger partial charge is 0.349 e. The van der Waals surface area contributed by atoms with Gasteiger partial charge in [0, 0.05) is 13.1 Å². The molecule has 0 spiro atoms. The van der Waals surface area contributed by atoms with Crippen molar-refractivity contribution in [3.05, 3.63) is 11.9 Å². The van der Waals surface area contributed by atoms with Gasteiger partial charge in [-0.2, -0.15) is 0 Å². The van der Waals surface area contributed by atoms with E-state index in [1.165, 1.54) is 11.1 Å². The molecule has 2 amide bonds. The molecular weight excluding hydrogens is 272 g/mol. The van der Waals surface area contributed by atoms with Gasteiger partial charge in [-0.1, -0.05) is 12.1 Å². The maximum atomic E-state index is 12.2. The van der Waals surface area contributed by atoms with Crippen molar-refractivity contribution in [3.63, 3.8) is 0 Å². The van der Waals surface area contributed by atoms with Crippen LogP contribution in [0.3, 0.4) is 0 Å². The average Bonchev–Trinajstić information content (AvgIpc) is 2.92. The minimum absolute atomic E-state index is 0.0558. The average molecular weight is 294 g/mol. The van der Waals surface area contributed by atoms with Gasteiger partial charge < -0.3 is 16.0 Å². The maximum absolute atomic E-state index is 12.2. The monoisotopic (exact) mass is 294 g/mol. The zero-order valence-electron chi connectivity index (χ0n) is 12.3. The number of carbonyl (C=O) groups is 2. The highest BCUT2D eigenvalue weighted by Gasteiger charge is 2.21. The lowest BCUT2D eigenvalue weighted by Crippen LogP contribution is -2.40. The number of nitrogens with one attached hydrogen (secondary N) is 1. The smallest absolute Gasteiger partial charge is 0.244 e. The summed E-state index contributed by atoms with van der Waals surface area (Å²) < 4.78 is 1.51. The van der Waals surface area contributed by atoms with Crippen molar-refractivity contribution >= 4 is 11.8 Å². The fourth-order valence-corrected chi connectivity index (χ4v) is 2.41. The van der Waals surface area contributed by atoms with Gasteiger partial charge >= 0.3 is 0 Å². The number of piperidine rings is 1. The number of hydrogen-bond acceptors (Lipinski definition) is 5. The normalized spacial score (nSPS) is 18.6. The highest BCUT2D eigenvalue weighted by molar-refractivity contribution is 5.77. The van der Waals surface area contributed by atoms with Gasteiger partial charge in [0.25, 0.3) is 0 Å². The van der Waals surface area contributed by atoms with E-state index < -0.39 is 0 Å². The fourth-order valence-electron chi connectivity index (χ4n) is 2.41. The number of nitrogens with zero attached hydrogens (tertiary/aromatic N) is 4. The third-order valence-electron chi connectivity index (χ3n) is 3.55. The number of likely N-dealkylation sites (tertiary alicyclic amines) is 1. The molecular formula is C13H22N6O2. The summed E-state index contributed by atoms with van der Waals surface area (Å²) in [6, 6.07) is 0. The molecule has 0 aromatic carbocycles. The Labute approximate surface area is 123 Å². The lowest BCUT2D eigenvalue weighted by molar-refractivity contribution is -0.133. The number of carbonyl (C=O) groups excluding carboxylic acids is 2. The van der Waals surface area contributed by atoms with E-state index in [0.29, 0.717) is 11.6 Å². The van der Waals surface area contributed by atoms with Crippen LogP contribution in [0, 0.1) is 5.92 Å². The van der Waals surface area contributed by atoms with E-state index in [4.69, 9.17) is 5.73 Å². The molecule has 1 aromatic heterocycles. The first-order chi connectivity index (χ1) is 10.1. The third-order valence-corrected chi connectivity index (χ3v) is 3.55. The van der Waals surface area contributed by atoms with Crippen molar-refractivity contribution in [1.29, 1.82) is 0 Å². The molecule has 1 aliphatic heterocycles. The van der Waals surface area contributed by atoms with Gasteiger partial charge in [-0.25, -0.2) is 4.68 Å². The highest BCUT2D eigenvalue weighted by atomic mass is 16.2. The lowest BCUT2D eigenvalue weighted by Gasteiger charge is -2.30. The van der Waals surface area contributed by atoms with Crippen molar-refractivity contribution in [3.8, 4) is 0 Å². The standard InChI is InChI=1S/C13H22N6O2/c1-10-3-2-4-18(7-10)13(21)9-19-8-11(16-17-19)6-15-12(20)5-14/h8,10H,2-7,9,14H2,1H3,(H,15,20). The van der Waals surface area contributed by atoms with Gasteiger partial charge in [-0.3, -0.25) is 9.59 Å². The van der Waals surface area contributed by atoms with Crippen LogP contribution < -0.4 is 11.1 Å². The van der Waals surface area contributed by atoms with Crippen LogP contribution in [0.2, 0.25) is 0 Å². The van der Waals surface area contributed by atoms with Crippen LogP contribution >= 0.6 is 0 Å². The van der Waals surface area contributed by atoms with Gasteiger partial charge in [0.1, 0.15) is 12.2 Å². The Morgan fingerprint density at radius 1 is 1.52 bits per heavy atom. The molecule has 1 atom stereocenters. The number of rotatable bonds is 5. The first kappa shape index (κ1) is 15.4. The Bertz CT molecular complexity index is 501. The first-order valence-corrected chi connectivity index (χ1v) is 7.22. The molecule has 0 aliphatic carbocycles. The van der Waals surface area contributed by atoms with Crippen LogP contribution in [0.25, 0.3) is 0 Å². The molecule has 2 rings (SSSR count). The minimum atomic E-state index is -0.247. The van der Waals surface area contributed by atoms with Crippen molar-refractivity contribution in [2.75, 3.05) is 19.6 Å². The maximum Gasteiger partial charge on any atom is 0.244 e. The summed E-state index contributed by atoms with van der Waals surface area (Å²) in [6.07, 6.45) is 3.90. The van der Waals surface area contributed by atoms with E-state index in [0.717, 1.165) is 19.5 Å². The predicted octanol–water partition coefficient (Wildman–Crippen LogP) is -0.888. The predicted molar refractivity (Wildman–Crippen MR) is 75.9 cm³/mol. The molecule has 1 saturated heterocycles. The van der Waals surface area contributed by atoms with Gasteiger partial charge in [0.05, 0.1) is 19.3 Å². The van der Waals surface area contributed by atoms with Crippen LogP contribution in [-0.4, -0.2) is 51.3 Å². The second-order valence-corrected chi connectivity index (χ2v) is 5.48. The van der Waals surface area contributed by atoms with E-state index in [1.54, 1.807) is 6.20 Å². The zero-order chi connectivity index (χ0) is 15.2. The van der Waals surface area contributed by atoms with E-state index in [-0.39, 0.29) is 31.4 Å². The molecule has 8 nitrogen and oxygen atoms in total. The second kappa shape index (κ2) is 7.16. The summed E-state index contributed by atoms with van der Waals surface area (Å²) in [5.41, 5.74) is 5.81. The Morgan fingerprint density at radius 3 is 3.05 bits per heavy atom. The van der Waals surface area contributed by atoms with Gasteiger partial charge in [-0.15, -0.1) is 5.10 Å². The molecule has 1 fully saturated rings. The molecule has 0 saturated carbocycles. The molecule has 21 heavy (non-hydrogen) atoms. The summed E-state index contributed by atoms with van der Waals surface area (Å²) in [6.45, 7) is 4.19. The van der Waals surface area contributed by atoms with Crippen molar-refractivity contribution in [2.45, 2.75) is 32.9 Å². The fraction of sp³-hybridized carbons (Fsp3) is 0.692. The van der Waals surface area contributed by atoms with E-state index >= 15 is 0 Å². The molecule has 1 aliphatic rings. The Balaban J connectivity index is 1.84. The van der Waals surface area contributed by atoms with Gasteiger partial charge in [0.2, 0.25) is 11.8 Å². The number of nitrogens with two attached hydrogens (primary N) is 1. The quantitative estimate of drug-likeness (QED) is 0.733. The summed E-state index contributed by atoms with van der Waals surface area (Å²) in [7, 11) is 0. The van der Waals surface area contributed by atoms with Crippen molar-refractivity contribution < 1.29 is 9.59 Å². The Morgan fingerprint density at radius 2 is 2.33 bits per heavy atom. The summed E-state index contributed by atoms with van der Waals surface area (Å²) >= 11 is 0. The van der Waals surface area contributed by atoms with Crippen LogP contribution in [0.1, 0.15) is 25.5 Å². The first-order valence-electron chi connectivity index (χ1n) is 7.22. The second-order valence-electron chi connectivity index (χ2n) is 5.48. The Kier molecular flexibility index (Phi) is 5.26.